The van der Waals surface area contributed by atoms with Gasteiger partial charge < -0.3 is 19.8 Å². The van der Waals surface area contributed by atoms with Crippen LogP contribution in [0.2, 0.25) is 0 Å². The van der Waals surface area contributed by atoms with Crippen LogP contribution in [0.15, 0.2) is 36.5 Å². The summed E-state index contributed by atoms with van der Waals surface area (Å²) in [5.41, 5.74) is 4.00. The molecule has 0 atom stereocenters. The summed E-state index contributed by atoms with van der Waals surface area (Å²) in [5.74, 6) is 1.90. The maximum Gasteiger partial charge on any atom is 0.253 e. The Kier molecular flexibility index (Phi) is 5.46. The Hall–Kier alpha value is -3.35. The average molecular weight is 392 g/mol. The van der Waals surface area contributed by atoms with Gasteiger partial charge in [0.25, 0.3) is 5.91 Å². The van der Waals surface area contributed by atoms with Crippen LogP contribution in [0.5, 0.6) is 11.5 Å². The van der Waals surface area contributed by atoms with Crippen LogP contribution in [0, 0.1) is 0 Å². The topological polar surface area (TPSA) is 89.1 Å². The fourth-order valence-electron chi connectivity index (χ4n) is 3.33. The second-order valence-corrected chi connectivity index (χ2v) is 6.91. The molecule has 1 amide bonds. The number of aromatic nitrogens is 3. The van der Waals surface area contributed by atoms with Gasteiger partial charge in [-0.05, 0) is 36.8 Å². The third-order valence-electron chi connectivity index (χ3n) is 4.91. The van der Waals surface area contributed by atoms with Crippen LogP contribution < -0.4 is 14.8 Å². The lowest BCUT2D eigenvalue weighted by Crippen LogP contribution is -2.31. The lowest BCUT2D eigenvalue weighted by atomic mass is 10.1. The summed E-state index contributed by atoms with van der Waals surface area (Å²) in [7, 11) is 1.62. The number of carbonyl (C=O) groups excluding carboxylic acids is 1. The van der Waals surface area contributed by atoms with Crippen LogP contribution in [0.4, 0.5) is 0 Å². The first-order valence-electron chi connectivity index (χ1n) is 9.84. The Morgan fingerprint density at radius 1 is 1.17 bits per heavy atom. The molecule has 7 heteroatoms. The van der Waals surface area contributed by atoms with Crippen LogP contribution in [0.25, 0.3) is 22.8 Å². The number of amides is 1. The van der Waals surface area contributed by atoms with Crippen LogP contribution >= 0.6 is 0 Å². The number of nitrogens with zero attached hydrogens (tertiary/aromatic N) is 2. The first kappa shape index (κ1) is 19.0. The molecule has 150 valence electrons. The number of aromatic amines is 1. The van der Waals surface area contributed by atoms with Crippen molar-refractivity contribution in [2.75, 3.05) is 20.3 Å². The molecule has 0 radical (unpaired) electrons. The summed E-state index contributed by atoms with van der Waals surface area (Å²) in [4.78, 5) is 24.5. The number of ether oxygens (including phenoxy) is 2. The summed E-state index contributed by atoms with van der Waals surface area (Å²) < 4.78 is 11.3. The minimum absolute atomic E-state index is 0.0496. The fraction of sp³-hybridized carbons (Fsp3) is 0.318. The number of carbonyl (C=O) groups is 1. The fourth-order valence-corrected chi connectivity index (χ4v) is 3.33. The van der Waals surface area contributed by atoms with E-state index >= 15 is 0 Å². The molecule has 29 heavy (non-hydrogen) atoms. The van der Waals surface area contributed by atoms with Crippen LogP contribution in [-0.2, 0) is 6.42 Å². The number of hydrogen-bond acceptors (Lipinski definition) is 5. The molecule has 3 aromatic rings. The molecule has 2 aromatic heterocycles. The van der Waals surface area contributed by atoms with E-state index in [9.17, 15) is 4.79 Å². The highest BCUT2D eigenvalue weighted by Gasteiger charge is 2.20. The molecule has 3 heterocycles. The van der Waals surface area contributed by atoms with Crippen LogP contribution in [0.1, 0.15) is 35.8 Å². The van der Waals surface area contributed by atoms with Crippen molar-refractivity contribution in [3.05, 3.63) is 47.8 Å². The second kappa shape index (κ2) is 8.34. The van der Waals surface area contributed by atoms with Crippen molar-refractivity contribution in [1.82, 2.24) is 20.3 Å². The number of benzene rings is 1. The highest BCUT2D eigenvalue weighted by atomic mass is 16.5. The van der Waals surface area contributed by atoms with Gasteiger partial charge in [-0.3, -0.25) is 4.79 Å². The summed E-state index contributed by atoms with van der Waals surface area (Å²) in [6.45, 7) is 3.43. The molecule has 0 saturated heterocycles. The molecule has 1 aliphatic heterocycles. The summed E-state index contributed by atoms with van der Waals surface area (Å²) in [6.07, 6.45) is 4.57. The van der Waals surface area contributed by atoms with Crippen molar-refractivity contribution in [1.29, 1.82) is 0 Å². The number of H-pyrrole nitrogens is 1. The largest absolute Gasteiger partial charge is 0.493 e. The summed E-state index contributed by atoms with van der Waals surface area (Å²) >= 11 is 0. The minimum Gasteiger partial charge on any atom is -0.493 e. The van der Waals surface area contributed by atoms with E-state index in [4.69, 9.17) is 14.5 Å². The van der Waals surface area contributed by atoms with Crippen molar-refractivity contribution < 1.29 is 14.3 Å². The van der Waals surface area contributed by atoms with Crippen molar-refractivity contribution in [3.8, 4) is 34.3 Å². The van der Waals surface area contributed by atoms with Gasteiger partial charge in [0, 0.05) is 30.4 Å². The molecular weight excluding hydrogens is 368 g/mol. The van der Waals surface area contributed by atoms with Gasteiger partial charge in [-0.25, -0.2) is 9.97 Å². The van der Waals surface area contributed by atoms with Crippen LogP contribution in [-0.4, -0.2) is 41.1 Å². The number of unbranched alkanes of at least 4 members (excludes halogenated alkanes) is 1. The maximum atomic E-state index is 12.0. The third-order valence-corrected chi connectivity index (χ3v) is 4.91. The van der Waals surface area contributed by atoms with Crippen molar-refractivity contribution in [2.45, 2.75) is 26.2 Å². The van der Waals surface area contributed by atoms with E-state index in [0.29, 0.717) is 36.0 Å². The molecule has 0 spiro atoms. The molecule has 2 N–H and O–H groups in total. The zero-order chi connectivity index (χ0) is 20.2. The van der Waals surface area contributed by atoms with E-state index in [1.807, 2.05) is 30.3 Å². The smallest absolute Gasteiger partial charge is 0.253 e. The number of hydrogen-bond donors (Lipinski definition) is 2. The molecule has 0 fully saturated rings. The maximum absolute atomic E-state index is 12.0. The summed E-state index contributed by atoms with van der Waals surface area (Å²) in [6, 6.07) is 9.38. The van der Waals surface area contributed by atoms with E-state index in [2.05, 4.69) is 22.2 Å². The number of rotatable bonds is 7. The van der Waals surface area contributed by atoms with E-state index < -0.39 is 0 Å². The molecule has 4 rings (SSSR count). The average Bonchev–Trinajstić information content (AvgIpc) is 3.20. The van der Waals surface area contributed by atoms with E-state index in [-0.39, 0.29) is 5.91 Å². The zero-order valence-electron chi connectivity index (χ0n) is 16.6. The van der Waals surface area contributed by atoms with Gasteiger partial charge >= 0.3 is 0 Å². The SMILES string of the molecule is CCCCOc1ccc(-c2nccc(-c3cc4c([nH]3)CCNC4=O)n2)cc1OC. The highest BCUT2D eigenvalue weighted by molar-refractivity contribution is 5.97. The Morgan fingerprint density at radius 2 is 2.07 bits per heavy atom. The standard InChI is InChI=1S/C22H24N4O3/c1-3-4-11-29-19-6-5-14(12-20(19)28-2)21-23-9-8-17(26-21)18-13-15-16(25-18)7-10-24-22(15)27/h5-6,8-9,12-13,25H,3-4,7,10-11H2,1-2H3,(H,24,27). The van der Waals surface area contributed by atoms with E-state index in [1.165, 1.54) is 0 Å². The van der Waals surface area contributed by atoms with E-state index in [0.717, 1.165) is 41.9 Å². The molecular formula is C22H24N4O3. The first-order chi connectivity index (χ1) is 14.2. The van der Waals surface area contributed by atoms with Gasteiger partial charge in [0.2, 0.25) is 0 Å². The van der Waals surface area contributed by atoms with E-state index in [1.54, 1.807) is 13.3 Å². The predicted octanol–water partition coefficient (Wildman–Crippen LogP) is 3.61. The van der Waals surface area contributed by atoms with Gasteiger partial charge in [0.05, 0.1) is 30.7 Å². The monoisotopic (exact) mass is 392 g/mol. The van der Waals surface area contributed by atoms with Gasteiger partial charge in [0.15, 0.2) is 17.3 Å². The van der Waals surface area contributed by atoms with Crippen molar-refractivity contribution >= 4 is 5.91 Å². The highest BCUT2D eigenvalue weighted by Crippen LogP contribution is 2.32. The predicted molar refractivity (Wildman–Crippen MR) is 110 cm³/mol. The Labute approximate surface area is 169 Å². The van der Waals surface area contributed by atoms with Gasteiger partial charge in [-0.1, -0.05) is 13.3 Å². The third kappa shape index (κ3) is 3.94. The minimum atomic E-state index is -0.0496. The lowest BCUT2D eigenvalue weighted by molar-refractivity contribution is 0.0946. The molecule has 0 unspecified atom stereocenters. The first-order valence-corrected chi connectivity index (χ1v) is 9.84. The molecule has 1 aliphatic rings. The molecule has 7 nitrogen and oxygen atoms in total. The Bertz CT molecular complexity index is 1030. The summed E-state index contributed by atoms with van der Waals surface area (Å²) in [5, 5.41) is 2.86. The number of methoxy groups -OCH3 is 1. The zero-order valence-corrected chi connectivity index (χ0v) is 16.6. The van der Waals surface area contributed by atoms with Gasteiger partial charge in [-0.2, -0.15) is 0 Å². The van der Waals surface area contributed by atoms with Crippen LogP contribution in [0.3, 0.4) is 0 Å². The Morgan fingerprint density at radius 3 is 2.86 bits per heavy atom. The Balaban J connectivity index is 1.63. The second-order valence-electron chi connectivity index (χ2n) is 6.91. The number of fused-ring (bicyclic) bond motifs is 1. The molecule has 0 saturated carbocycles. The molecule has 0 aliphatic carbocycles. The number of nitrogens with one attached hydrogen (secondary N) is 2. The molecule has 0 bridgehead atoms. The molecule has 1 aromatic carbocycles. The van der Waals surface area contributed by atoms with Crippen molar-refractivity contribution in [2.24, 2.45) is 0 Å². The quantitative estimate of drug-likeness (QED) is 0.600. The normalized spacial score (nSPS) is 13.0. The van der Waals surface area contributed by atoms with Gasteiger partial charge in [-0.15, -0.1) is 0 Å². The van der Waals surface area contributed by atoms with Crippen molar-refractivity contribution in [3.63, 3.8) is 0 Å². The van der Waals surface area contributed by atoms with Gasteiger partial charge in [0.1, 0.15) is 0 Å². The lowest BCUT2D eigenvalue weighted by Gasteiger charge is -2.12.